The zero-order valence-corrected chi connectivity index (χ0v) is 13.3. The molecule has 1 aromatic heterocycles. The molecule has 0 saturated carbocycles. The van der Waals surface area contributed by atoms with Gasteiger partial charge in [-0.05, 0) is 17.5 Å². The molecule has 25 heavy (non-hydrogen) atoms. The van der Waals surface area contributed by atoms with Crippen molar-refractivity contribution in [3.63, 3.8) is 0 Å². The summed E-state index contributed by atoms with van der Waals surface area (Å²) in [4.78, 5) is 29.9. The Balaban J connectivity index is 0.00000225. The van der Waals surface area contributed by atoms with E-state index in [1.54, 1.807) is 0 Å². The molecule has 0 radical (unpaired) electrons. The van der Waals surface area contributed by atoms with E-state index < -0.39 is 23.8 Å². The van der Waals surface area contributed by atoms with Crippen molar-refractivity contribution in [2.45, 2.75) is 6.36 Å². The number of ketones is 1. The average Bonchev–Trinajstić information content (AvgIpc) is 2.96. The molecular formula is C15H12F3LiN2O4. The third kappa shape index (κ3) is 4.37. The van der Waals surface area contributed by atoms with E-state index in [0.717, 1.165) is 12.1 Å². The average molecular weight is 348 g/mol. The quantitative estimate of drug-likeness (QED) is 0.394. The summed E-state index contributed by atoms with van der Waals surface area (Å²) in [6.45, 7) is 1.25. The molecule has 0 bridgehead atoms. The number of fused-ring (bicyclic) bond motifs is 1. The topological polar surface area (TPSA) is 69.9 Å². The van der Waals surface area contributed by atoms with Gasteiger partial charge in [-0.15, -0.1) is 18.7 Å². The largest absolute Gasteiger partial charge is 1.00 e. The fraction of sp³-hybridized carbons (Fsp3) is 0.333. The van der Waals surface area contributed by atoms with Crippen molar-refractivity contribution < 1.29 is 51.1 Å². The maximum atomic E-state index is 12.4. The Morgan fingerprint density at radius 1 is 1.20 bits per heavy atom. The molecule has 6 nitrogen and oxygen atoms in total. The first-order chi connectivity index (χ1) is 11.3. The predicted octanol–water partition coefficient (Wildman–Crippen LogP) is -1.26. The smallest absolute Gasteiger partial charge is 0.663 e. The second-order valence-electron chi connectivity index (χ2n) is 5.13. The molecule has 128 valence electrons. The van der Waals surface area contributed by atoms with E-state index in [1.165, 1.54) is 17.2 Å². The number of halogens is 3. The number of hydrogen-bond acceptors (Lipinski definition) is 4. The van der Waals surface area contributed by atoms with E-state index in [1.807, 2.05) is 0 Å². The standard InChI is InChI=1S/C15H13F3N2O4.Li/c16-15(17,18)24-9-1-2-12-10(7-9)11(8-19-12)13(21)14(22)20-3-5-23-6-4-20;/h1-2,7-8H,3-6H2,(H,19,21);/q;+1/p-1. The van der Waals surface area contributed by atoms with Gasteiger partial charge >= 0.3 is 25.2 Å². The maximum absolute atomic E-state index is 12.4. The number of carbonyl (C=O) groups excluding carboxylic acids is 2. The molecule has 0 aliphatic carbocycles. The van der Waals surface area contributed by atoms with Crippen LogP contribution < -0.4 is 28.6 Å². The van der Waals surface area contributed by atoms with Crippen LogP contribution in [0.4, 0.5) is 13.2 Å². The third-order valence-corrected chi connectivity index (χ3v) is 3.56. The van der Waals surface area contributed by atoms with E-state index >= 15 is 0 Å². The SMILES string of the molecule is O=C(C(=O)N1CCOCC1)c1c[n-]c2ccc(OC(F)(F)F)cc12.[Li+]. The first kappa shape index (κ1) is 19.4. The molecule has 0 N–H and O–H groups in total. The van der Waals surface area contributed by atoms with Crippen molar-refractivity contribution in [1.29, 1.82) is 0 Å². The van der Waals surface area contributed by atoms with Gasteiger partial charge in [0.1, 0.15) is 5.75 Å². The second kappa shape index (κ2) is 7.52. The van der Waals surface area contributed by atoms with Crippen LogP contribution in [0.25, 0.3) is 10.9 Å². The zero-order chi connectivity index (χ0) is 17.3. The van der Waals surface area contributed by atoms with E-state index in [-0.39, 0.29) is 29.8 Å². The molecule has 3 rings (SSSR count). The summed E-state index contributed by atoms with van der Waals surface area (Å²) in [6.07, 6.45) is -3.66. The monoisotopic (exact) mass is 348 g/mol. The van der Waals surface area contributed by atoms with Gasteiger partial charge < -0.3 is 19.4 Å². The molecule has 0 spiro atoms. The van der Waals surface area contributed by atoms with Gasteiger partial charge in [0, 0.05) is 18.7 Å². The zero-order valence-electron chi connectivity index (χ0n) is 13.3. The van der Waals surface area contributed by atoms with Crippen molar-refractivity contribution in [2.75, 3.05) is 26.3 Å². The molecule has 1 saturated heterocycles. The number of rotatable bonds is 3. The molecule has 0 atom stereocenters. The van der Waals surface area contributed by atoms with Crippen LogP contribution in [0.5, 0.6) is 5.75 Å². The number of amides is 1. The number of aromatic nitrogens is 1. The van der Waals surface area contributed by atoms with Gasteiger partial charge in [0.15, 0.2) is 0 Å². The summed E-state index contributed by atoms with van der Waals surface area (Å²) in [5.41, 5.74) is 0.261. The Morgan fingerprint density at radius 3 is 2.52 bits per heavy atom. The van der Waals surface area contributed by atoms with Crippen LogP contribution in [0.2, 0.25) is 0 Å². The minimum Gasteiger partial charge on any atom is -0.663 e. The van der Waals surface area contributed by atoms with Gasteiger partial charge in [-0.1, -0.05) is 6.07 Å². The number of alkyl halides is 3. The van der Waals surface area contributed by atoms with Crippen molar-refractivity contribution in [3.05, 3.63) is 30.0 Å². The molecule has 0 unspecified atom stereocenters. The van der Waals surface area contributed by atoms with Crippen molar-refractivity contribution in [2.24, 2.45) is 0 Å². The molecule has 1 aromatic carbocycles. The Bertz CT molecular complexity index is 785. The third-order valence-electron chi connectivity index (χ3n) is 3.56. The van der Waals surface area contributed by atoms with Crippen molar-refractivity contribution in [3.8, 4) is 5.75 Å². The number of morpholine rings is 1. The van der Waals surface area contributed by atoms with E-state index in [0.29, 0.717) is 31.8 Å². The normalized spacial score (nSPS) is 14.9. The van der Waals surface area contributed by atoms with Gasteiger partial charge in [-0.2, -0.15) is 6.20 Å². The van der Waals surface area contributed by atoms with Gasteiger partial charge in [0.05, 0.1) is 13.2 Å². The number of Topliss-reactive ketones (excluding diaryl/α,β-unsaturated/α-hetero) is 1. The van der Waals surface area contributed by atoms with E-state index in [4.69, 9.17) is 4.74 Å². The number of ether oxygens (including phenoxy) is 2. The van der Waals surface area contributed by atoms with Crippen LogP contribution >= 0.6 is 0 Å². The molecule has 1 amide bonds. The summed E-state index contributed by atoms with van der Waals surface area (Å²) in [6, 6.07) is 3.45. The Hall–Kier alpha value is -1.95. The summed E-state index contributed by atoms with van der Waals surface area (Å²) in [5.74, 6) is -2.02. The van der Waals surface area contributed by atoms with Crippen LogP contribution in [0.3, 0.4) is 0 Å². The van der Waals surface area contributed by atoms with Crippen LogP contribution in [-0.4, -0.2) is 49.3 Å². The summed E-state index contributed by atoms with van der Waals surface area (Å²) in [5, 5.41) is 0.142. The van der Waals surface area contributed by atoms with Gasteiger partial charge in [-0.25, -0.2) is 0 Å². The van der Waals surface area contributed by atoms with E-state index in [9.17, 15) is 22.8 Å². The molecule has 2 aromatic rings. The first-order valence-corrected chi connectivity index (χ1v) is 7.08. The maximum Gasteiger partial charge on any atom is 1.00 e. The van der Waals surface area contributed by atoms with Crippen LogP contribution in [-0.2, 0) is 9.53 Å². The number of benzene rings is 1. The fourth-order valence-electron chi connectivity index (χ4n) is 2.45. The van der Waals surface area contributed by atoms with Crippen molar-refractivity contribution >= 4 is 22.6 Å². The molecular weight excluding hydrogens is 336 g/mol. The Kier molecular flexibility index (Phi) is 5.82. The van der Waals surface area contributed by atoms with Crippen LogP contribution in [0.1, 0.15) is 10.4 Å². The van der Waals surface area contributed by atoms with Gasteiger partial charge in [-0.3, -0.25) is 9.59 Å². The molecule has 1 aliphatic heterocycles. The number of nitrogens with zero attached hydrogens (tertiary/aromatic N) is 2. The first-order valence-electron chi connectivity index (χ1n) is 7.08. The Labute approximate surface area is 152 Å². The molecule has 1 fully saturated rings. The summed E-state index contributed by atoms with van der Waals surface area (Å²) >= 11 is 0. The second-order valence-corrected chi connectivity index (χ2v) is 5.13. The summed E-state index contributed by atoms with van der Waals surface area (Å²) < 4.78 is 45.9. The minimum atomic E-state index is -4.85. The summed E-state index contributed by atoms with van der Waals surface area (Å²) in [7, 11) is 0. The van der Waals surface area contributed by atoms with Crippen LogP contribution in [0, 0.1) is 0 Å². The van der Waals surface area contributed by atoms with Crippen molar-refractivity contribution in [1.82, 2.24) is 9.88 Å². The van der Waals surface area contributed by atoms with Crippen LogP contribution in [0.15, 0.2) is 24.4 Å². The van der Waals surface area contributed by atoms with E-state index in [2.05, 4.69) is 9.72 Å². The fourth-order valence-corrected chi connectivity index (χ4v) is 2.45. The van der Waals surface area contributed by atoms with Gasteiger partial charge in [0.25, 0.3) is 5.91 Å². The Morgan fingerprint density at radius 2 is 1.88 bits per heavy atom. The predicted molar refractivity (Wildman–Crippen MR) is 75.7 cm³/mol. The minimum absolute atomic E-state index is 0. The van der Waals surface area contributed by atoms with Gasteiger partial charge in [0.2, 0.25) is 5.78 Å². The number of hydrogen-bond donors (Lipinski definition) is 0. The molecule has 1 aliphatic rings. The molecule has 2 heterocycles. The number of carbonyl (C=O) groups is 2. The molecule has 10 heteroatoms.